The second-order valence-corrected chi connectivity index (χ2v) is 5.69. The lowest BCUT2D eigenvalue weighted by Crippen LogP contribution is -2.27. The van der Waals surface area contributed by atoms with Crippen LogP contribution in [0.4, 0.5) is 0 Å². The molecule has 0 aliphatic carbocycles. The van der Waals surface area contributed by atoms with Crippen LogP contribution in [0.2, 0.25) is 0 Å². The molecular weight excluding hydrogens is 232 g/mol. The topological polar surface area (TPSA) is 9.23 Å². The first-order valence-corrected chi connectivity index (χ1v) is 6.88. The molecule has 0 saturated carbocycles. The predicted molar refractivity (Wildman–Crippen MR) is 72.8 cm³/mol. The number of hydrogen-bond donors (Lipinski definition) is 0. The highest BCUT2D eigenvalue weighted by Crippen LogP contribution is 2.25. The smallest absolute Gasteiger partial charge is 0.0508 e. The summed E-state index contributed by atoms with van der Waals surface area (Å²) in [7, 11) is 0. The third-order valence-corrected chi connectivity index (χ3v) is 4.14. The van der Waals surface area contributed by atoms with Crippen LogP contribution in [0, 0.1) is 19.8 Å². The number of alkyl halides is 1. The molecule has 1 aromatic rings. The van der Waals surface area contributed by atoms with Crippen molar-refractivity contribution in [3.8, 4) is 0 Å². The first-order valence-electron chi connectivity index (χ1n) is 6.45. The van der Waals surface area contributed by atoms with Gasteiger partial charge in [0.25, 0.3) is 0 Å². The normalized spacial score (nSPS) is 22.4. The van der Waals surface area contributed by atoms with Gasteiger partial charge in [-0.15, -0.1) is 11.6 Å². The average Bonchev–Trinajstić information content (AvgIpc) is 2.35. The Hall–Kier alpha value is -0.530. The molecule has 1 nitrogen and oxygen atoms in total. The molecule has 1 aliphatic rings. The second-order valence-electron chi connectivity index (χ2n) is 5.13. The third kappa shape index (κ3) is 3.46. The summed E-state index contributed by atoms with van der Waals surface area (Å²) in [5, 5.41) is 0.204. The van der Waals surface area contributed by atoms with Crippen molar-refractivity contribution >= 4 is 11.6 Å². The molecule has 0 bridgehead atoms. The lowest BCUT2D eigenvalue weighted by molar-refractivity contribution is 0.0533. The predicted octanol–water partition coefficient (Wildman–Crippen LogP) is 3.88. The van der Waals surface area contributed by atoms with Gasteiger partial charge >= 0.3 is 0 Å². The molecule has 2 atom stereocenters. The van der Waals surface area contributed by atoms with E-state index in [1.165, 1.54) is 23.1 Å². The zero-order valence-electron chi connectivity index (χ0n) is 10.7. The van der Waals surface area contributed by atoms with Gasteiger partial charge < -0.3 is 4.74 Å². The highest BCUT2D eigenvalue weighted by Gasteiger charge is 2.22. The summed E-state index contributed by atoms with van der Waals surface area (Å²) in [5.41, 5.74) is 4.04. The van der Waals surface area contributed by atoms with Crippen LogP contribution in [0.3, 0.4) is 0 Å². The number of ether oxygens (including phenoxy) is 1. The van der Waals surface area contributed by atoms with Crippen LogP contribution in [-0.2, 0) is 11.2 Å². The van der Waals surface area contributed by atoms with Crippen molar-refractivity contribution in [2.75, 3.05) is 13.2 Å². The van der Waals surface area contributed by atoms with Gasteiger partial charge in [-0.25, -0.2) is 0 Å². The van der Waals surface area contributed by atoms with Gasteiger partial charge in [-0.3, -0.25) is 0 Å². The summed E-state index contributed by atoms with van der Waals surface area (Å²) >= 11 is 6.54. The Kier molecular flexibility index (Phi) is 4.47. The Balaban J connectivity index is 2.01. The summed E-state index contributed by atoms with van der Waals surface area (Å²) < 4.78 is 5.51. The minimum atomic E-state index is 0.204. The Morgan fingerprint density at radius 3 is 2.94 bits per heavy atom. The van der Waals surface area contributed by atoms with E-state index in [-0.39, 0.29) is 5.38 Å². The van der Waals surface area contributed by atoms with Crippen molar-refractivity contribution in [3.05, 3.63) is 34.9 Å². The second kappa shape index (κ2) is 5.88. The molecule has 1 saturated heterocycles. The van der Waals surface area contributed by atoms with E-state index in [4.69, 9.17) is 16.3 Å². The molecule has 17 heavy (non-hydrogen) atoms. The monoisotopic (exact) mass is 252 g/mol. The van der Waals surface area contributed by atoms with Crippen molar-refractivity contribution < 1.29 is 4.74 Å². The van der Waals surface area contributed by atoms with E-state index in [0.717, 1.165) is 26.1 Å². The Morgan fingerprint density at radius 1 is 1.41 bits per heavy atom. The maximum absolute atomic E-state index is 6.54. The van der Waals surface area contributed by atoms with E-state index in [0.29, 0.717) is 5.92 Å². The minimum Gasteiger partial charge on any atom is -0.381 e. The summed E-state index contributed by atoms with van der Waals surface area (Å²) in [6.45, 7) is 6.04. The molecule has 0 N–H and O–H groups in total. The van der Waals surface area contributed by atoms with Crippen LogP contribution in [0.1, 0.15) is 29.5 Å². The van der Waals surface area contributed by atoms with Crippen LogP contribution in [0.5, 0.6) is 0 Å². The molecule has 94 valence electrons. The van der Waals surface area contributed by atoms with Crippen LogP contribution < -0.4 is 0 Å². The van der Waals surface area contributed by atoms with Crippen LogP contribution in [0.25, 0.3) is 0 Å². The van der Waals surface area contributed by atoms with E-state index in [2.05, 4.69) is 32.0 Å². The molecule has 2 rings (SSSR count). The fourth-order valence-electron chi connectivity index (χ4n) is 2.45. The molecule has 0 radical (unpaired) electrons. The summed E-state index contributed by atoms with van der Waals surface area (Å²) in [6.07, 6.45) is 3.32. The number of hydrogen-bond acceptors (Lipinski definition) is 1. The fraction of sp³-hybridized carbons (Fsp3) is 0.600. The highest BCUT2D eigenvalue weighted by atomic mass is 35.5. The molecule has 0 amide bonds. The molecule has 2 heteroatoms. The van der Waals surface area contributed by atoms with Gasteiger partial charge in [0.2, 0.25) is 0 Å². The van der Waals surface area contributed by atoms with Crippen LogP contribution in [0.15, 0.2) is 18.2 Å². The van der Waals surface area contributed by atoms with Gasteiger partial charge in [-0.2, -0.15) is 0 Å². The standard InChI is InChI=1S/C15H21ClO/c1-11-5-6-12(2)14(8-11)9-15(16)13-4-3-7-17-10-13/h5-6,8,13,15H,3-4,7,9-10H2,1-2H3. The largest absolute Gasteiger partial charge is 0.381 e. The van der Waals surface area contributed by atoms with Gasteiger partial charge in [0, 0.05) is 12.0 Å². The molecule has 1 aliphatic heterocycles. The first-order chi connectivity index (χ1) is 8.16. The van der Waals surface area contributed by atoms with E-state index in [1.54, 1.807) is 0 Å². The van der Waals surface area contributed by atoms with Crippen molar-refractivity contribution in [1.29, 1.82) is 0 Å². The fourth-order valence-corrected chi connectivity index (χ4v) is 2.81. The molecular formula is C15H21ClO. The minimum absolute atomic E-state index is 0.204. The van der Waals surface area contributed by atoms with Gasteiger partial charge in [0.15, 0.2) is 0 Å². The van der Waals surface area contributed by atoms with Crippen molar-refractivity contribution in [1.82, 2.24) is 0 Å². The summed E-state index contributed by atoms with van der Waals surface area (Å²) in [4.78, 5) is 0. The molecule has 0 spiro atoms. The highest BCUT2D eigenvalue weighted by molar-refractivity contribution is 6.20. The zero-order chi connectivity index (χ0) is 12.3. The lowest BCUT2D eigenvalue weighted by atomic mass is 9.92. The lowest BCUT2D eigenvalue weighted by Gasteiger charge is -2.26. The van der Waals surface area contributed by atoms with E-state index in [1.807, 2.05) is 0 Å². The maximum atomic E-state index is 6.54. The van der Waals surface area contributed by atoms with Gasteiger partial charge in [0.1, 0.15) is 0 Å². The van der Waals surface area contributed by atoms with Crippen molar-refractivity contribution in [2.45, 2.75) is 38.5 Å². The summed E-state index contributed by atoms with van der Waals surface area (Å²) in [6, 6.07) is 6.60. The van der Waals surface area contributed by atoms with Gasteiger partial charge in [0.05, 0.1) is 6.61 Å². The Labute approximate surface area is 109 Å². The number of rotatable bonds is 3. The Morgan fingerprint density at radius 2 is 2.24 bits per heavy atom. The molecule has 1 fully saturated rings. The van der Waals surface area contributed by atoms with E-state index >= 15 is 0 Å². The SMILES string of the molecule is Cc1ccc(C)c(CC(Cl)C2CCCOC2)c1. The first kappa shape index (κ1) is 12.9. The van der Waals surface area contributed by atoms with E-state index in [9.17, 15) is 0 Å². The molecule has 1 aromatic carbocycles. The summed E-state index contributed by atoms with van der Waals surface area (Å²) in [5.74, 6) is 0.519. The van der Waals surface area contributed by atoms with Crippen molar-refractivity contribution in [2.24, 2.45) is 5.92 Å². The number of benzene rings is 1. The van der Waals surface area contributed by atoms with Crippen LogP contribution in [-0.4, -0.2) is 18.6 Å². The quantitative estimate of drug-likeness (QED) is 0.742. The van der Waals surface area contributed by atoms with Gasteiger partial charge in [-0.05, 0) is 50.2 Å². The van der Waals surface area contributed by atoms with E-state index < -0.39 is 0 Å². The molecule has 1 heterocycles. The number of aryl methyl sites for hydroxylation is 2. The molecule has 2 unspecified atom stereocenters. The third-order valence-electron chi connectivity index (χ3n) is 3.63. The molecule has 0 aromatic heterocycles. The number of halogens is 1. The zero-order valence-corrected chi connectivity index (χ0v) is 11.5. The maximum Gasteiger partial charge on any atom is 0.0508 e. The van der Waals surface area contributed by atoms with Crippen molar-refractivity contribution in [3.63, 3.8) is 0 Å². The average molecular weight is 253 g/mol. The van der Waals surface area contributed by atoms with Gasteiger partial charge in [-0.1, -0.05) is 23.8 Å². The Bertz CT molecular complexity index is 369. The van der Waals surface area contributed by atoms with Crippen LogP contribution >= 0.6 is 11.6 Å².